The molecule has 0 aliphatic heterocycles. The van der Waals surface area contributed by atoms with Gasteiger partial charge in [0.25, 0.3) is 0 Å². The highest BCUT2D eigenvalue weighted by Gasteiger charge is 2.51. The third-order valence-corrected chi connectivity index (χ3v) is 4.93. The van der Waals surface area contributed by atoms with Crippen LogP contribution < -0.4 is 0 Å². The first-order valence-corrected chi connectivity index (χ1v) is 6.15. The second kappa shape index (κ2) is 2.99. The van der Waals surface area contributed by atoms with E-state index in [1.54, 1.807) is 0 Å². The molecule has 1 fully saturated rings. The molecule has 2 nitrogen and oxygen atoms in total. The maximum absolute atomic E-state index is 5.40. The third-order valence-electron chi connectivity index (χ3n) is 4.93. The van der Waals surface area contributed by atoms with Gasteiger partial charge in [0, 0.05) is 6.07 Å². The number of rotatable bonds is 1. The van der Waals surface area contributed by atoms with Gasteiger partial charge in [0.05, 0.1) is 5.69 Å². The number of hydrogen-bond donors (Lipinski definition) is 0. The van der Waals surface area contributed by atoms with E-state index in [0.29, 0.717) is 17.3 Å². The summed E-state index contributed by atoms with van der Waals surface area (Å²) >= 11 is 0. The van der Waals surface area contributed by atoms with Crippen molar-refractivity contribution in [3.8, 4) is 0 Å². The average Bonchev–Trinajstić information content (AvgIpc) is 2.85. The number of hydrogen-bond acceptors (Lipinski definition) is 2. The molecule has 2 bridgehead atoms. The van der Waals surface area contributed by atoms with E-state index in [1.165, 1.54) is 12.0 Å². The Morgan fingerprint density at radius 3 is 2.69 bits per heavy atom. The molecule has 16 heavy (non-hydrogen) atoms. The molecule has 1 heterocycles. The molecule has 0 aromatic carbocycles. The first kappa shape index (κ1) is 10.1. The van der Waals surface area contributed by atoms with E-state index in [1.807, 2.05) is 6.92 Å². The molecule has 1 aromatic heterocycles. The molecule has 2 heteroatoms. The predicted octanol–water partition coefficient (Wildman–Crippen LogP) is 3.68. The molecule has 0 unspecified atom stereocenters. The van der Waals surface area contributed by atoms with Crippen molar-refractivity contribution in [2.24, 2.45) is 23.2 Å². The van der Waals surface area contributed by atoms with Gasteiger partial charge in [0.2, 0.25) is 0 Å². The standard InChI is InChI=1S/C14H19NO/c1-8-5-13(16-15-8)12-7-10-6-11(12)9(2)14(10,3)4/h5,7,9-11H,6H2,1-4H3/t9-,10+,11+/m0/s1. The normalized spacial score (nSPS) is 35.5. The lowest BCUT2D eigenvalue weighted by molar-refractivity contribution is 0.211. The fourth-order valence-electron chi connectivity index (χ4n) is 3.42. The highest BCUT2D eigenvalue weighted by atomic mass is 16.5. The summed E-state index contributed by atoms with van der Waals surface area (Å²) in [6.45, 7) is 9.14. The van der Waals surface area contributed by atoms with Crippen LogP contribution in [0.15, 0.2) is 16.7 Å². The molecule has 0 spiro atoms. The number of allylic oxidation sites excluding steroid dienone is 2. The lowest BCUT2D eigenvalue weighted by Crippen LogP contribution is -2.27. The monoisotopic (exact) mass is 217 g/mol. The van der Waals surface area contributed by atoms with Crippen molar-refractivity contribution in [2.75, 3.05) is 0 Å². The van der Waals surface area contributed by atoms with Gasteiger partial charge in [-0.1, -0.05) is 32.0 Å². The van der Waals surface area contributed by atoms with Gasteiger partial charge >= 0.3 is 0 Å². The summed E-state index contributed by atoms with van der Waals surface area (Å²) < 4.78 is 5.40. The lowest BCUT2D eigenvalue weighted by atomic mass is 9.70. The van der Waals surface area contributed by atoms with Crippen LogP contribution >= 0.6 is 0 Å². The largest absolute Gasteiger partial charge is 0.356 e. The second-order valence-corrected chi connectivity index (χ2v) is 6.01. The average molecular weight is 217 g/mol. The quantitative estimate of drug-likeness (QED) is 0.717. The Morgan fingerprint density at radius 2 is 2.19 bits per heavy atom. The zero-order valence-electron chi connectivity index (χ0n) is 10.4. The Labute approximate surface area is 96.7 Å². The van der Waals surface area contributed by atoms with Gasteiger partial charge < -0.3 is 4.52 Å². The minimum atomic E-state index is 0.448. The van der Waals surface area contributed by atoms with Crippen molar-refractivity contribution in [1.29, 1.82) is 0 Å². The summed E-state index contributed by atoms with van der Waals surface area (Å²) in [5.41, 5.74) is 2.83. The van der Waals surface area contributed by atoms with E-state index < -0.39 is 0 Å². The Bertz CT molecular complexity index is 455. The molecule has 0 saturated heterocycles. The van der Waals surface area contributed by atoms with Crippen molar-refractivity contribution in [2.45, 2.75) is 34.1 Å². The van der Waals surface area contributed by atoms with Crippen molar-refractivity contribution in [3.05, 3.63) is 23.6 Å². The summed E-state index contributed by atoms with van der Waals surface area (Å²) in [5, 5.41) is 3.99. The van der Waals surface area contributed by atoms with E-state index in [9.17, 15) is 0 Å². The minimum absolute atomic E-state index is 0.448. The van der Waals surface area contributed by atoms with Crippen LogP contribution in [-0.2, 0) is 0 Å². The molecule has 2 aliphatic carbocycles. The summed E-state index contributed by atoms with van der Waals surface area (Å²) in [5.74, 6) is 3.12. The van der Waals surface area contributed by atoms with E-state index in [2.05, 4.69) is 38.1 Å². The first-order valence-electron chi connectivity index (χ1n) is 6.15. The minimum Gasteiger partial charge on any atom is -0.356 e. The number of fused-ring (bicyclic) bond motifs is 2. The maximum atomic E-state index is 5.40. The molecule has 3 rings (SSSR count). The van der Waals surface area contributed by atoms with Crippen LogP contribution in [-0.4, -0.2) is 5.16 Å². The molecular formula is C14H19NO. The van der Waals surface area contributed by atoms with E-state index in [0.717, 1.165) is 17.4 Å². The van der Waals surface area contributed by atoms with Crippen LogP contribution in [0.25, 0.3) is 5.57 Å². The zero-order valence-corrected chi connectivity index (χ0v) is 10.4. The Hall–Kier alpha value is -1.05. The van der Waals surface area contributed by atoms with Gasteiger partial charge in [0.1, 0.15) is 0 Å². The molecular weight excluding hydrogens is 198 g/mol. The number of nitrogens with zero attached hydrogens (tertiary/aromatic N) is 1. The highest BCUT2D eigenvalue weighted by molar-refractivity contribution is 5.68. The van der Waals surface area contributed by atoms with Crippen LogP contribution in [0, 0.1) is 30.1 Å². The topological polar surface area (TPSA) is 26.0 Å². The Balaban J connectivity index is 2.00. The smallest absolute Gasteiger partial charge is 0.163 e. The summed E-state index contributed by atoms with van der Waals surface area (Å²) in [7, 11) is 0. The predicted molar refractivity (Wildman–Crippen MR) is 63.8 cm³/mol. The Kier molecular flexibility index (Phi) is 1.90. The van der Waals surface area contributed by atoms with E-state index in [-0.39, 0.29) is 0 Å². The van der Waals surface area contributed by atoms with Crippen LogP contribution in [0.2, 0.25) is 0 Å². The number of aryl methyl sites for hydroxylation is 1. The third kappa shape index (κ3) is 1.16. The SMILES string of the molecule is Cc1cc(C2=C[C@H]3C[C@@H]2[C@H](C)C3(C)C)on1. The molecule has 86 valence electrons. The van der Waals surface area contributed by atoms with Gasteiger partial charge in [-0.05, 0) is 42.1 Å². The van der Waals surface area contributed by atoms with E-state index >= 15 is 0 Å². The first-order chi connectivity index (χ1) is 7.50. The summed E-state index contributed by atoms with van der Waals surface area (Å²) in [4.78, 5) is 0. The molecule has 1 saturated carbocycles. The van der Waals surface area contributed by atoms with Crippen LogP contribution in [0.4, 0.5) is 0 Å². The van der Waals surface area contributed by atoms with Gasteiger partial charge in [-0.15, -0.1) is 0 Å². The second-order valence-electron chi connectivity index (χ2n) is 6.01. The van der Waals surface area contributed by atoms with Crippen LogP contribution in [0.5, 0.6) is 0 Å². The molecule has 1 aromatic rings. The van der Waals surface area contributed by atoms with Crippen molar-refractivity contribution < 1.29 is 4.52 Å². The fraction of sp³-hybridized carbons (Fsp3) is 0.643. The van der Waals surface area contributed by atoms with Gasteiger partial charge in [-0.25, -0.2) is 0 Å². The molecule has 2 aliphatic rings. The van der Waals surface area contributed by atoms with Gasteiger partial charge in [-0.3, -0.25) is 0 Å². The van der Waals surface area contributed by atoms with Crippen molar-refractivity contribution in [3.63, 3.8) is 0 Å². The van der Waals surface area contributed by atoms with Gasteiger partial charge in [0.15, 0.2) is 5.76 Å². The van der Waals surface area contributed by atoms with Crippen LogP contribution in [0.3, 0.4) is 0 Å². The van der Waals surface area contributed by atoms with Crippen LogP contribution in [0.1, 0.15) is 38.6 Å². The van der Waals surface area contributed by atoms with E-state index in [4.69, 9.17) is 4.52 Å². The maximum Gasteiger partial charge on any atom is 0.163 e. The molecule has 0 N–H and O–H groups in total. The zero-order chi connectivity index (χ0) is 11.5. The summed E-state index contributed by atoms with van der Waals surface area (Å²) in [6, 6.07) is 2.06. The summed E-state index contributed by atoms with van der Waals surface area (Å²) in [6.07, 6.45) is 3.72. The lowest BCUT2D eigenvalue weighted by Gasteiger charge is -2.34. The van der Waals surface area contributed by atoms with Crippen molar-refractivity contribution in [1.82, 2.24) is 5.16 Å². The molecule has 0 amide bonds. The molecule has 0 radical (unpaired) electrons. The van der Waals surface area contributed by atoms with Gasteiger partial charge in [-0.2, -0.15) is 0 Å². The number of aromatic nitrogens is 1. The van der Waals surface area contributed by atoms with Crippen molar-refractivity contribution >= 4 is 5.57 Å². The highest BCUT2D eigenvalue weighted by Crippen LogP contribution is 2.60. The molecule has 3 atom stereocenters. The Morgan fingerprint density at radius 1 is 1.44 bits per heavy atom. The fourth-order valence-corrected chi connectivity index (χ4v) is 3.42.